The lowest BCUT2D eigenvalue weighted by Gasteiger charge is -2.18. The Hall–Kier alpha value is -3.17. The van der Waals surface area contributed by atoms with Crippen LogP contribution in [0, 0.1) is 11.3 Å². The van der Waals surface area contributed by atoms with E-state index in [0.29, 0.717) is 11.6 Å². The quantitative estimate of drug-likeness (QED) is 0.610. The highest BCUT2D eigenvalue weighted by molar-refractivity contribution is 5.86. The minimum Gasteiger partial charge on any atom is -0.361 e. The number of nitrogens with zero attached hydrogens (tertiary/aromatic N) is 5. The monoisotopic (exact) mass is 356 g/mol. The summed E-state index contributed by atoms with van der Waals surface area (Å²) in [5.74, 6) is 0. The van der Waals surface area contributed by atoms with Crippen LogP contribution in [0.2, 0.25) is 0 Å². The zero-order chi connectivity index (χ0) is 18.4. The number of imidazole rings is 1. The standard InChI is InChI=1S/C21H20N6/c1-26-6-2-3-16(26)8-15-12-23-19-5-4-17(9-18(15)19)27-13-25-20-7-14(10-22)11-24-21(20)27/h4-5,7,9,11-13,16,23H,2-3,6,8H2,1H3/t16-/m1/s1. The molecule has 1 aliphatic rings. The first-order valence-electron chi connectivity index (χ1n) is 9.27. The molecule has 0 spiro atoms. The number of H-pyrrole nitrogens is 1. The second-order valence-corrected chi connectivity index (χ2v) is 7.32. The van der Waals surface area contributed by atoms with Crippen LogP contribution in [0.1, 0.15) is 24.0 Å². The first-order chi connectivity index (χ1) is 13.2. The fourth-order valence-corrected chi connectivity index (χ4v) is 4.13. The largest absolute Gasteiger partial charge is 0.361 e. The van der Waals surface area contributed by atoms with Crippen molar-refractivity contribution in [2.45, 2.75) is 25.3 Å². The first kappa shape index (κ1) is 16.0. The second kappa shape index (κ2) is 6.22. The molecule has 1 N–H and O–H groups in total. The van der Waals surface area contributed by atoms with E-state index in [1.165, 1.54) is 30.3 Å². The van der Waals surface area contributed by atoms with E-state index in [4.69, 9.17) is 5.26 Å². The number of benzene rings is 1. The van der Waals surface area contributed by atoms with Crippen molar-refractivity contribution >= 4 is 22.1 Å². The Labute approximate surface area is 157 Å². The average molecular weight is 356 g/mol. The van der Waals surface area contributed by atoms with Gasteiger partial charge in [-0.05, 0) is 62.7 Å². The Morgan fingerprint density at radius 3 is 3.04 bits per heavy atom. The maximum Gasteiger partial charge on any atom is 0.164 e. The van der Waals surface area contributed by atoms with Crippen LogP contribution in [0.5, 0.6) is 0 Å². The van der Waals surface area contributed by atoms with E-state index < -0.39 is 0 Å². The summed E-state index contributed by atoms with van der Waals surface area (Å²) in [6, 6.07) is 10.9. The third kappa shape index (κ3) is 2.68. The predicted octanol–water partition coefficient (Wildman–Crippen LogP) is 3.41. The summed E-state index contributed by atoms with van der Waals surface area (Å²) in [6.45, 7) is 1.19. The van der Waals surface area contributed by atoms with Crippen LogP contribution in [-0.2, 0) is 6.42 Å². The SMILES string of the molecule is CN1CCC[C@@H]1Cc1c[nH]c2ccc(-n3cnc4cc(C#N)cnc43)cc12. The molecule has 3 aromatic heterocycles. The summed E-state index contributed by atoms with van der Waals surface area (Å²) in [5.41, 5.74) is 5.56. The molecule has 0 bridgehead atoms. The number of likely N-dealkylation sites (N-methyl/N-ethyl adjacent to an activating group) is 1. The van der Waals surface area contributed by atoms with E-state index in [1.54, 1.807) is 18.6 Å². The van der Waals surface area contributed by atoms with E-state index in [0.717, 1.165) is 28.8 Å². The molecule has 6 nitrogen and oxygen atoms in total. The average Bonchev–Trinajstić information content (AvgIpc) is 3.40. The molecular formula is C21H20N6. The number of likely N-dealkylation sites (tertiary alicyclic amines) is 1. The van der Waals surface area contributed by atoms with Crippen LogP contribution in [-0.4, -0.2) is 44.1 Å². The maximum absolute atomic E-state index is 9.05. The van der Waals surface area contributed by atoms with Crippen molar-refractivity contribution in [3.05, 3.63) is 54.1 Å². The summed E-state index contributed by atoms with van der Waals surface area (Å²) in [7, 11) is 2.22. The van der Waals surface area contributed by atoms with Gasteiger partial charge in [0.05, 0.1) is 5.56 Å². The van der Waals surface area contributed by atoms with Gasteiger partial charge in [-0.2, -0.15) is 5.26 Å². The number of nitriles is 1. The van der Waals surface area contributed by atoms with Gasteiger partial charge in [-0.3, -0.25) is 4.57 Å². The minimum atomic E-state index is 0.525. The van der Waals surface area contributed by atoms with Gasteiger partial charge < -0.3 is 9.88 Å². The summed E-state index contributed by atoms with van der Waals surface area (Å²) in [5, 5.41) is 10.3. The normalized spacial score (nSPS) is 17.7. The number of aromatic amines is 1. The molecule has 1 aromatic carbocycles. The lowest BCUT2D eigenvalue weighted by atomic mass is 10.0. The zero-order valence-corrected chi connectivity index (χ0v) is 15.2. The van der Waals surface area contributed by atoms with Crippen LogP contribution in [0.4, 0.5) is 0 Å². The number of pyridine rings is 1. The Kier molecular flexibility index (Phi) is 3.69. The number of nitrogens with one attached hydrogen (secondary N) is 1. The second-order valence-electron chi connectivity index (χ2n) is 7.32. The molecular weight excluding hydrogens is 336 g/mol. The van der Waals surface area contributed by atoms with Crippen molar-refractivity contribution in [1.29, 1.82) is 5.26 Å². The lowest BCUT2D eigenvalue weighted by molar-refractivity contribution is 0.310. The molecule has 0 amide bonds. The van der Waals surface area contributed by atoms with E-state index in [1.807, 2.05) is 4.57 Å². The molecule has 4 heterocycles. The third-order valence-corrected chi connectivity index (χ3v) is 5.67. The molecule has 27 heavy (non-hydrogen) atoms. The minimum absolute atomic E-state index is 0.525. The third-order valence-electron chi connectivity index (χ3n) is 5.67. The van der Waals surface area contributed by atoms with Crippen LogP contribution >= 0.6 is 0 Å². The van der Waals surface area contributed by atoms with Gasteiger partial charge in [-0.25, -0.2) is 9.97 Å². The summed E-state index contributed by atoms with van der Waals surface area (Å²) in [4.78, 5) is 14.7. The smallest absolute Gasteiger partial charge is 0.164 e. The molecule has 1 aliphatic heterocycles. The van der Waals surface area contributed by atoms with E-state index in [-0.39, 0.29) is 0 Å². The van der Waals surface area contributed by atoms with Crippen molar-refractivity contribution in [3.63, 3.8) is 0 Å². The molecule has 1 atom stereocenters. The molecule has 0 aliphatic carbocycles. The van der Waals surface area contributed by atoms with E-state index in [9.17, 15) is 0 Å². The van der Waals surface area contributed by atoms with Crippen molar-refractivity contribution in [3.8, 4) is 11.8 Å². The highest BCUT2D eigenvalue weighted by Gasteiger charge is 2.22. The molecule has 0 unspecified atom stereocenters. The predicted molar refractivity (Wildman–Crippen MR) is 105 cm³/mol. The fourth-order valence-electron chi connectivity index (χ4n) is 4.13. The number of hydrogen-bond acceptors (Lipinski definition) is 4. The molecule has 1 fully saturated rings. The molecule has 1 saturated heterocycles. The Balaban J connectivity index is 1.56. The molecule has 6 heteroatoms. The Morgan fingerprint density at radius 1 is 1.30 bits per heavy atom. The fraction of sp³-hybridized carbons (Fsp3) is 0.286. The van der Waals surface area contributed by atoms with Gasteiger partial charge in [0.25, 0.3) is 0 Å². The van der Waals surface area contributed by atoms with Crippen LogP contribution < -0.4 is 0 Å². The van der Waals surface area contributed by atoms with E-state index in [2.05, 4.69) is 57.4 Å². The lowest BCUT2D eigenvalue weighted by Crippen LogP contribution is -2.26. The van der Waals surface area contributed by atoms with Gasteiger partial charge in [-0.15, -0.1) is 0 Å². The van der Waals surface area contributed by atoms with Crippen molar-refractivity contribution in [2.75, 3.05) is 13.6 Å². The highest BCUT2D eigenvalue weighted by atomic mass is 15.1. The van der Waals surface area contributed by atoms with Gasteiger partial charge in [0, 0.05) is 35.0 Å². The van der Waals surface area contributed by atoms with Gasteiger partial charge in [0.1, 0.15) is 17.9 Å². The number of rotatable bonds is 3. The van der Waals surface area contributed by atoms with Crippen molar-refractivity contribution < 1.29 is 0 Å². The molecule has 134 valence electrons. The van der Waals surface area contributed by atoms with Gasteiger partial charge in [-0.1, -0.05) is 0 Å². The molecule has 5 rings (SSSR count). The zero-order valence-electron chi connectivity index (χ0n) is 15.2. The maximum atomic E-state index is 9.05. The van der Waals surface area contributed by atoms with Gasteiger partial charge in [0.2, 0.25) is 0 Å². The van der Waals surface area contributed by atoms with Crippen LogP contribution in [0.3, 0.4) is 0 Å². The van der Waals surface area contributed by atoms with E-state index >= 15 is 0 Å². The number of hydrogen-bond donors (Lipinski definition) is 1. The topological polar surface area (TPSA) is 73.5 Å². The number of aromatic nitrogens is 4. The van der Waals surface area contributed by atoms with Crippen LogP contribution in [0.25, 0.3) is 27.8 Å². The van der Waals surface area contributed by atoms with Crippen molar-refractivity contribution in [2.24, 2.45) is 0 Å². The number of fused-ring (bicyclic) bond motifs is 2. The highest BCUT2D eigenvalue weighted by Crippen LogP contribution is 2.27. The summed E-state index contributed by atoms with van der Waals surface area (Å²) >= 11 is 0. The van der Waals surface area contributed by atoms with Gasteiger partial charge >= 0.3 is 0 Å². The summed E-state index contributed by atoms with van der Waals surface area (Å²) in [6.07, 6.45) is 9.12. The van der Waals surface area contributed by atoms with Crippen molar-refractivity contribution in [1.82, 2.24) is 24.4 Å². The Morgan fingerprint density at radius 2 is 2.22 bits per heavy atom. The molecule has 0 saturated carbocycles. The summed E-state index contributed by atoms with van der Waals surface area (Å²) < 4.78 is 1.98. The van der Waals surface area contributed by atoms with Gasteiger partial charge in [0.15, 0.2) is 5.65 Å². The molecule has 0 radical (unpaired) electrons. The van der Waals surface area contributed by atoms with Crippen LogP contribution in [0.15, 0.2) is 43.0 Å². The Bertz CT molecular complexity index is 1180. The molecule has 4 aromatic rings. The first-order valence-corrected chi connectivity index (χ1v) is 9.27.